The fourth-order valence-corrected chi connectivity index (χ4v) is 2.57. The number of rotatable bonds is 4. The second-order valence-corrected chi connectivity index (χ2v) is 6.19. The van der Waals surface area contributed by atoms with Crippen molar-refractivity contribution >= 4 is 5.78 Å². The number of ketones is 1. The molecule has 1 fully saturated rings. The van der Waals surface area contributed by atoms with Crippen molar-refractivity contribution in [2.45, 2.75) is 45.6 Å². The Labute approximate surface area is 118 Å². The Balaban J connectivity index is 1.90. The number of benzene rings is 1. The van der Waals surface area contributed by atoms with Crippen LogP contribution in [0.15, 0.2) is 18.2 Å². The second-order valence-electron chi connectivity index (χ2n) is 6.19. The maximum atomic E-state index is 13.5. The summed E-state index contributed by atoms with van der Waals surface area (Å²) in [5.74, 6) is -2.29. The van der Waals surface area contributed by atoms with Crippen LogP contribution in [0.3, 0.4) is 0 Å². The standard InChI is InChI=1S/C16H20F2O2/c1-16(2)8-6-11(7-9-16)20-10-14(19)15-12(17)4-3-5-13(15)18/h3-5,11H,6-10H2,1-2H3. The fraction of sp³-hybridized carbons (Fsp3) is 0.562. The summed E-state index contributed by atoms with van der Waals surface area (Å²) in [6, 6.07) is 3.41. The first-order valence-corrected chi connectivity index (χ1v) is 6.98. The molecule has 2 nitrogen and oxygen atoms in total. The van der Waals surface area contributed by atoms with Gasteiger partial charge in [0.1, 0.15) is 18.2 Å². The third kappa shape index (κ3) is 3.63. The highest BCUT2D eigenvalue weighted by molar-refractivity contribution is 5.97. The molecule has 2 rings (SSSR count). The number of halogens is 2. The third-order valence-electron chi connectivity index (χ3n) is 3.98. The van der Waals surface area contributed by atoms with E-state index < -0.39 is 23.0 Å². The summed E-state index contributed by atoms with van der Waals surface area (Å²) < 4.78 is 32.4. The molecule has 0 radical (unpaired) electrons. The zero-order chi connectivity index (χ0) is 14.8. The number of Topliss-reactive ketones (excluding diaryl/α,β-unsaturated/α-hetero) is 1. The minimum atomic E-state index is -0.830. The first-order chi connectivity index (χ1) is 9.39. The third-order valence-corrected chi connectivity index (χ3v) is 3.98. The van der Waals surface area contributed by atoms with Crippen LogP contribution >= 0.6 is 0 Å². The SMILES string of the molecule is CC1(C)CCC(OCC(=O)c2c(F)cccc2F)CC1. The van der Waals surface area contributed by atoms with Gasteiger partial charge in [0, 0.05) is 0 Å². The molecule has 0 saturated heterocycles. The zero-order valence-corrected chi connectivity index (χ0v) is 11.9. The predicted octanol–water partition coefficient (Wildman–Crippen LogP) is 4.13. The van der Waals surface area contributed by atoms with Crippen molar-refractivity contribution in [1.29, 1.82) is 0 Å². The fourth-order valence-electron chi connectivity index (χ4n) is 2.57. The largest absolute Gasteiger partial charge is 0.370 e. The van der Waals surface area contributed by atoms with Gasteiger partial charge < -0.3 is 4.74 Å². The molecule has 0 aliphatic heterocycles. The topological polar surface area (TPSA) is 26.3 Å². The average Bonchev–Trinajstić information content (AvgIpc) is 2.37. The summed E-state index contributed by atoms with van der Waals surface area (Å²) in [7, 11) is 0. The molecule has 0 unspecified atom stereocenters. The zero-order valence-electron chi connectivity index (χ0n) is 11.9. The van der Waals surface area contributed by atoms with Crippen LogP contribution in [0.5, 0.6) is 0 Å². The summed E-state index contributed by atoms with van der Waals surface area (Å²) >= 11 is 0. The van der Waals surface area contributed by atoms with Crippen molar-refractivity contribution in [3.05, 3.63) is 35.4 Å². The minimum Gasteiger partial charge on any atom is -0.370 e. The number of hydrogen-bond acceptors (Lipinski definition) is 2. The van der Waals surface area contributed by atoms with E-state index in [1.54, 1.807) is 0 Å². The van der Waals surface area contributed by atoms with Crippen molar-refractivity contribution in [3.8, 4) is 0 Å². The van der Waals surface area contributed by atoms with Crippen molar-refractivity contribution < 1.29 is 18.3 Å². The highest BCUT2D eigenvalue weighted by Gasteiger charge is 2.28. The van der Waals surface area contributed by atoms with Crippen LogP contribution in [-0.2, 0) is 4.74 Å². The van der Waals surface area contributed by atoms with Gasteiger partial charge in [-0.2, -0.15) is 0 Å². The van der Waals surface area contributed by atoms with Crippen molar-refractivity contribution in [2.75, 3.05) is 6.61 Å². The first-order valence-electron chi connectivity index (χ1n) is 6.98. The summed E-state index contributed by atoms with van der Waals surface area (Å²) in [4.78, 5) is 11.9. The molecular weight excluding hydrogens is 262 g/mol. The lowest BCUT2D eigenvalue weighted by molar-refractivity contribution is 0.00833. The molecule has 110 valence electrons. The van der Waals surface area contributed by atoms with Crippen molar-refractivity contribution in [2.24, 2.45) is 5.41 Å². The summed E-state index contributed by atoms with van der Waals surface area (Å²) in [5, 5.41) is 0. The molecule has 1 aliphatic rings. The quantitative estimate of drug-likeness (QED) is 0.776. The van der Waals surface area contributed by atoms with Gasteiger partial charge in [-0.1, -0.05) is 19.9 Å². The van der Waals surface area contributed by atoms with Crippen molar-refractivity contribution in [1.82, 2.24) is 0 Å². The molecule has 0 aromatic heterocycles. The molecule has 4 heteroatoms. The maximum Gasteiger partial charge on any atom is 0.194 e. The Morgan fingerprint density at radius 3 is 2.35 bits per heavy atom. The Hall–Kier alpha value is -1.29. The van der Waals surface area contributed by atoms with Crippen LogP contribution in [0.2, 0.25) is 0 Å². The maximum absolute atomic E-state index is 13.5. The number of hydrogen-bond donors (Lipinski definition) is 0. The van der Waals surface area contributed by atoms with Crippen LogP contribution in [0, 0.1) is 17.0 Å². The molecule has 0 heterocycles. The highest BCUT2D eigenvalue weighted by Crippen LogP contribution is 2.36. The van der Waals surface area contributed by atoms with Gasteiger partial charge in [-0.25, -0.2) is 8.78 Å². The molecule has 1 aromatic carbocycles. The molecule has 0 spiro atoms. The van der Waals surface area contributed by atoms with E-state index in [1.165, 1.54) is 6.07 Å². The summed E-state index contributed by atoms with van der Waals surface area (Å²) in [6.45, 7) is 4.16. The van der Waals surface area contributed by atoms with E-state index in [4.69, 9.17) is 4.74 Å². The Morgan fingerprint density at radius 1 is 1.25 bits per heavy atom. The first kappa shape index (κ1) is 15.1. The van der Waals surface area contributed by atoms with Crippen LogP contribution in [-0.4, -0.2) is 18.5 Å². The van der Waals surface area contributed by atoms with Crippen LogP contribution < -0.4 is 0 Å². The number of carbonyl (C=O) groups is 1. The van der Waals surface area contributed by atoms with Gasteiger partial charge in [-0.15, -0.1) is 0 Å². The second kappa shape index (κ2) is 6.00. The normalized spacial score (nSPS) is 19.0. The van der Waals surface area contributed by atoms with E-state index >= 15 is 0 Å². The van der Waals surface area contributed by atoms with Gasteiger partial charge in [-0.3, -0.25) is 4.79 Å². The minimum absolute atomic E-state index is 0.0156. The molecule has 1 aliphatic carbocycles. The van der Waals surface area contributed by atoms with E-state index in [0.29, 0.717) is 5.41 Å². The molecule has 1 aromatic rings. The molecule has 0 bridgehead atoms. The highest BCUT2D eigenvalue weighted by atomic mass is 19.1. The molecule has 0 amide bonds. The van der Waals surface area contributed by atoms with Crippen LogP contribution in [0.1, 0.15) is 49.9 Å². The molecule has 1 saturated carbocycles. The predicted molar refractivity (Wildman–Crippen MR) is 72.7 cm³/mol. The Kier molecular flexibility index (Phi) is 4.53. The van der Waals surface area contributed by atoms with Crippen LogP contribution in [0.25, 0.3) is 0 Å². The van der Waals surface area contributed by atoms with E-state index in [-0.39, 0.29) is 12.7 Å². The van der Waals surface area contributed by atoms with Gasteiger partial charge in [0.2, 0.25) is 0 Å². The Bertz CT molecular complexity index is 467. The molecule has 20 heavy (non-hydrogen) atoms. The average molecular weight is 282 g/mol. The van der Waals surface area contributed by atoms with Gasteiger partial charge in [0.15, 0.2) is 5.78 Å². The van der Waals surface area contributed by atoms with E-state index in [9.17, 15) is 13.6 Å². The summed E-state index contributed by atoms with van der Waals surface area (Å²) in [6.07, 6.45) is 3.88. The van der Waals surface area contributed by atoms with E-state index in [1.807, 2.05) is 0 Å². The van der Waals surface area contributed by atoms with Gasteiger partial charge >= 0.3 is 0 Å². The lowest BCUT2D eigenvalue weighted by Gasteiger charge is -2.34. The van der Waals surface area contributed by atoms with Crippen molar-refractivity contribution in [3.63, 3.8) is 0 Å². The van der Waals surface area contributed by atoms with E-state index in [0.717, 1.165) is 37.8 Å². The molecular formula is C16H20F2O2. The monoisotopic (exact) mass is 282 g/mol. The lowest BCUT2D eigenvalue weighted by Crippen LogP contribution is -2.28. The number of carbonyl (C=O) groups excluding carboxylic acids is 1. The summed E-state index contributed by atoms with van der Waals surface area (Å²) in [5.41, 5.74) is -0.176. The van der Waals surface area contributed by atoms with Crippen LogP contribution in [0.4, 0.5) is 8.78 Å². The van der Waals surface area contributed by atoms with Gasteiger partial charge in [-0.05, 0) is 43.2 Å². The Morgan fingerprint density at radius 2 is 1.80 bits per heavy atom. The van der Waals surface area contributed by atoms with Gasteiger partial charge in [0.05, 0.1) is 11.7 Å². The van der Waals surface area contributed by atoms with Gasteiger partial charge in [0.25, 0.3) is 0 Å². The number of ether oxygens (including phenoxy) is 1. The molecule has 0 atom stereocenters. The smallest absolute Gasteiger partial charge is 0.194 e. The lowest BCUT2D eigenvalue weighted by atomic mass is 9.76. The molecule has 0 N–H and O–H groups in total. The van der Waals surface area contributed by atoms with E-state index in [2.05, 4.69) is 13.8 Å².